The van der Waals surface area contributed by atoms with Crippen molar-refractivity contribution < 1.29 is 28.7 Å². The Hall–Kier alpha value is -3.05. The number of rotatable bonds is 7. The molecule has 2 aliphatic rings. The van der Waals surface area contributed by atoms with Crippen LogP contribution in [-0.4, -0.2) is 53.3 Å². The van der Waals surface area contributed by atoms with Crippen LogP contribution < -0.4 is 10.6 Å². The molecule has 1 atom stereocenters. The summed E-state index contributed by atoms with van der Waals surface area (Å²) in [7, 11) is 1.31. The van der Waals surface area contributed by atoms with Crippen molar-refractivity contribution >= 4 is 57.7 Å². The molecule has 1 aromatic heterocycles. The smallest absolute Gasteiger partial charge is 0.410 e. The van der Waals surface area contributed by atoms with Gasteiger partial charge in [-0.15, -0.1) is 23.1 Å². The van der Waals surface area contributed by atoms with Gasteiger partial charge in [0.05, 0.1) is 24.5 Å². The van der Waals surface area contributed by atoms with Crippen LogP contribution in [0.4, 0.5) is 15.5 Å². The first-order chi connectivity index (χ1) is 17.9. The molecule has 0 saturated heterocycles. The molecule has 204 valence electrons. The van der Waals surface area contributed by atoms with Crippen LogP contribution in [0.5, 0.6) is 0 Å². The molecule has 0 spiro atoms. The molecule has 1 unspecified atom stereocenters. The first-order valence-corrected chi connectivity index (χ1v) is 14.2. The molecule has 4 rings (SSSR count). The highest BCUT2D eigenvalue weighted by molar-refractivity contribution is 8.00. The molecule has 1 aromatic carbocycles. The van der Waals surface area contributed by atoms with Crippen molar-refractivity contribution in [1.29, 1.82) is 0 Å². The van der Waals surface area contributed by atoms with E-state index in [1.165, 1.54) is 30.2 Å². The van der Waals surface area contributed by atoms with Gasteiger partial charge in [0.15, 0.2) is 0 Å². The number of benzene rings is 1. The maximum Gasteiger partial charge on any atom is 0.410 e. The van der Waals surface area contributed by atoms with Gasteiger partial charge in [0, 0.05) is 27.9 Å². The number of amides is 3. The summed E-state index contributed by atoms with van der Waals surface area (Å²) in [6.45, 7) is 7.91. The van der Waals surface area contributed by atoms with Gasteiger partial charge in [-0.25, -0.2) is 9.59 Å². The number of thiophene rings is 1. The van der Waals surface area contributed by atoms with Crippen molar-refractivity contribution in [3.05, 3.63) is 40.3 Å². The summed E-state index contributed by atoms with van der Waals surface area (Å²) in [5, 5.41) is 5.77. The van der Waals surface area contributed by atoms with Crippen LogP contribution in [0.25, 0.3) is 0 Å². The summed E-state index contributed by atoms with van der Waals surface area (Å²) in [6.07, 6.45) is 1.89. The van der Waals surface area contributed by atoms with E-state index in [4.69, 9.17) is 9.47 Å². The molecule has 2 aromatic rings. The molecule has 2 heterocycles. The maximum atomic E-state index is 13.2. The molecule has 1 aliphatic carbocycles. The quantitative estimate of drug-likeness (QED) is 0.350. The van der Waals surface area contributed by atoms with Crippen LogP contribution in [0.3, 0.4) is 0 Å². The van der Waals surface area contributed by atoms with Gasteiger partial charge in [-0.3, -0.25) is 9.59 Å². The Morgan fingerprint density at radius 2 is 1.89 bits per heavy atom. The molecule has 9 nitrogen and oxygen atoms in total. The lowest BCUT2D eigenvalue weighted by atomic mass is 10.0. The number of thioether (sulfide) groups is 1. The van der Waals surface area contributed by atoms with E-state index in [0.29, 0.717) is 35.8 Å². The van der Waals surface area contributed by atoms with Crippen LogP contribution in [-0.2, 0) is 32.0 Å². The third-order valence-electron chi connectivity index (χ3n) is 6.07. The summed E-state index contributed by atoms with van der Waals surface area (Å²) in [5.41, 5.74) is 1.22. The molecule has 1 fully saturated rings. The summed E-state index contributed by atoms with van der Waals surface area (Å²) >= 11 is 2.63. The second-order valence-electron chi connectivity index (χ2n) is 10.4. The second kappa shape index (κ2) is 11.4. The van der Waals surface area contributed by atoms with E-state index in [-0.39, 0.29) is 17.7 Å². The minimum absolute atomic E-state index is 0.0279. The lowest BCUT2D eigenvalue weighted by Crippen LogP contribution is -2.39. The molecule has 2 N–H and O–H groups in total. The van der Waals surface area contributed by atoms with Gasteiger partial charge < -0.3 is 25.0 Å². The van der Waals surface area contributed by atoms with Gasteiger partial charge in [0.2, 0.25) is 11.8 Å². The number of nitrogens with one attached hydrogen (secondary N) is 2. The van der Waals surface area contributed by atoms with E-state index in [1.807, 2.05) is 45.0 Å². The molecule has 11 heteroatoms. The summed E-state index contributed by atoms with van der Waals surface area (Å²) in [5.74, 6) is -0.661. The molecule has 0 radical (unpaired) electrons. The van der Waals surface area contributed by atoms with Gasteiger partial charge in [-0.2, -0.15) is 0 Å². The number of carbonyl (C=O) groups excluding carboxylic acids is 4. The molecule has 0 bridgehead atoms. The number of methoxy groups -OCH3 is 1. The Balaban J connectivity index is 1.45. The van der Waals surface area contributed by atoms with Crippen LogP contribution in [0.1, 0.15) is 61.3 Å². The van der Waals surface area contributed by atoms with E-state index < -0.39 is 22.9 Å². The summed E-state index contributed by atoms with van der Waals surface area (Å²) in [6, 6.07) is 7.41. The first-order valence-electron chi connectivity index (χ1n) is 12.5. The second-order valence-corrected chi connectivity index (χ2v) is 12.9. The van der Waals surface area contributed by atoms with Crippen LogP contribution in [0.2, 0.25) is 0 Å². The molecule has 1 aliphatic heterocycles. The molecule has 3 amide bonds. The monoisotopic (exact) mass is 559 g/mol. The lowest BCUT2D eigenvalue weighted by Gasteiger charge is -2.30. The fraction of sp³-hybridized carbons (Fsp3) is 0.481. The Morgan fingerprint density at radius 1 is 1.16 bits per heavy atom. The Morgan fingerprint density at radius 3 is 2.55 bits per heavy atom. The minimum atomic E-state index is -0.612. The van der Waals surface area contributed by atoms with Gasteiger partial charge >= 0.3 is 12.1 Å². The minimum Gasteiger partial charge on any atom is -0.465 e. The number of hydrogen-bond donors (Lipinski definition) is 2. The van der Waals surface area contributed by atoms with Crippen LogP contribution >= 0.6 is 23.1 Å². The molecular formula is C27H33N3O6S2. The Kier molecular flexibility index (Phi) is 8.37. The number of anilines is 2. The average molecular weight is 560 g/mol. The largest absolute Gasteiger partial charge is 0.465 e. The van der Waals surface area contributed by atoms with Crippen LogP contribution in [0, 0.1) is 5.92 Å². The number of carbonyl (C=O) groups is 4. The van der Waals surface area contributed by atoms with Gasteiger partial charge in [-0.05, 0) is 70.7 Å². The van der Waals surface area contributed by atoms with E-state index in [1.54, 1.807) is 11.8 Å². The SMILES string of the molecule is COC(=O)c1c(NC(=O)C(C)Sc2cccc(NC(=O)C3CC3)c2)sc2c1CCN(C(=O)OC(C)(C)C)C2. The van der Waals surface area contributed by atoms with Crippen molar-refractivity contribution in [2.75, 3.05) is 24.3 Å². The van der Waals surface area contributed by atoms with Crippen molar-refractivity contribution in [3.63, 3.8) is 0 Å². The fourth-order valence-electron chi connectivity index (χ4n) is 4.00. The maximum absolute atomic E-state index is 13.2. The molecule has 1 saturated carbocycles. The van der Waals surface area contributed by atoms with Crippen LogP contribution in [0.15, 0.2) is 29.2 Å². The Bertz CT molecular complexity index is 1250. The third kappa shape index (κ3) is 6.87. The number of nitrogens with zero attached hydrogens (tertiary/aromatic N) is 1. The average Bonchev–Trinajstić information content (AvgIpc) is 3.64. The zero-order chi connectivity index (χ0) is 27.6. The molecule has 38 heavy (non-hydrogen) atoms. The van der Waals surface area contributed by atoms with E-state index in [9.17, 15) is 19.2 Å². The van der Waals surface area contributed by atoms with Crippen molar-refractivity contribution in [1.82, 2.24) is 4.90 Å². The first kappa shape index (κ1) is 28.0. The lowest BCUT2D eigenvalue weighted by molar-refractivity contribution is -0.117. The molecular weight excluding hydrogens is 526 g/mol. The predicted molar refractivity (Wildman–Crippen MR) is 148 cm³/mol. The fourth-order valence-corrected chi connectivity index (χ4v) is 6.18. The predicted octanol–water partition coefficient (Wildman–Crippen LogP) is 5.30. The highest BCUT2D eigenvalue weighted by atomic mass is 32.2. The van der Waals surface area contributed by atoms with Crippen molar-refractivity contribution in [2.24, 2.45) is 5.92 Å². The zero-order valence-corrected chi connectivity index (χ0v) is 23.8. The number of fused-ring (bicyclic) bond motifs is 1. The topological polar surface area (TPSA) is 114 Å². The Labute approximate surface area is 230 Å². The van der Waals surface area contributed by atoms with Crippen molar-refractivity contribution in [2.45, 2.75) is 69.2 Å². The van der Waals surface area contributed by atoms with Gasteiger partial charge in [0.25, 0.3) is 0 Å². The standard InChI is InChI=1S/C27H33N3O6S2/c1-15(37-18-8-6-7-17(13-18)28-23(32)16-9-10-16)22(31)29-24-21(25(33)35-5)19-11-12-30(14-20(19)38-24)26(34)36-27(2,3)4/h6-8,13,15-16H,9-12,14H2,1-5H3,(H,28,32)(H,29,31). The van der Waals surface area contributed by atoms with Gasteiger partial charge in [-0.1, -0.05) is 6.07 Å². The van der Waals surface area contributed by atoms with E-state index in [0.717, 1.165) is 28.2 Å². The van der Waals surface area contributed by atoms with E-state index >= 15 is 0 Å². The van der Waals surface area contributed by atoms with Crippen molar-refractivity contribution in [3.8, 4) is 0 Å². The zero-order valence-electron chi connectivity index (χ0n) is 22.2. The van der Waals surface area contributed by atoms with E-state index in [2.05, 4.69) is 10.6 Å². The highest BCUT2D eigenvalue weighted by Gasteiger charge is 2.33. The summed E-state index contributed by atoms with van der Waals surface area (Å²) < 4.78 is 10.5. The number of esters is 1. The number of hydrogen-bond acceptors (Lipinski definition) is 8. The third-order valence-corrected chi connectivity index (χ3v) is 8.29. The highest BCUT2D eigenvalue weighted by Crippen LogP contribution is 2.39. The number of ether oxygens (including phenoxy) is 2. The summed E-state index contributed by atoms with van der Waals surface area (Å²) in [4.78, 5) is 53.8. The normalized spacial score (nSPS) is 15.8. The van der Waals surface area contributed by atoms with Gasteiger partial charge in [0.1, 0.15) is 10.6 Å².